The molecule has 0 spiro atoms. The van der Waals surface area contributed by atoms with Gasteiger partial charge in [-0.25, -0.2) is 0 Å². The highest BCUT2D eigenvalue weighted by Crippen LogP contribution is 2.42. The largest absolute Gasteiger partial charge is 0.369 e. The molecule has 0 saturated carbocycles. The molecule has 0 aromatic carbocycles. The van der Waals surface area contributed by atoms with Crippen molar-refractivity contribution >= 4 is 0 Å². The Morgan fingerprint density at radius 1 is 1.24 bits per heavy atom. The summed E-state index contributed by atoms with van der Waals surface area (Å²) in [5, 5.41) is 3.41. The summed E-state index contributed by atoms with van der Waals surface area (Å²) in [6.45, 7) is 13.2. The van der Waals surface area contributed by atoms with E-state index < -0.39 is 0 Å². The van der Waals surface area contributed by atoms with E-state index >= 15 is 0 Å². The second-order valence-electron chi connectivity index (χ2n) is 6.24. The van der Waals surface area contributed by atoms with Crippen molar-refractivity contribution in [1.82, 2.24) is 5.32 Å². The van der Waals surface area contributed by atoms with Gasteiger partial charge in [-0.05, 0) is 60.0 Å². The van der Waals surface area contributed by atoms with Crippen LogP contribution in [0.2, 0.25) is 0 Å². The number of hydrogen-bond acceptors (Lipinski definition) is 2. The van der Waals surface area contributed by atoms with Crippen molar-refractivity contribution in [3.8, 4) is 0 Å². The zero-order valence-electron chi connectivity index (χ0n) is 12.2. The summed E-state index contributed by atoms with van der Waals surface area (Å²) in [4.78, 5) is 0. The van der Waals surface area contributed by atoms with Gasteiger partial charge in [0.15, 0.2) is 0 Å². The summed E-state index contributed by atoms with van der Waals surface area (Å²) >= 11 is 0. The third kappa shape index (κ3) is 4.81. The van der Waals surface area contributed by atoms with E-state index in [-0.39, 0.29) is 11.2 Å². The average Bonchev–Trinajstić information content (AvgIpc) is 2.40. The van der Waals surface area contributed by atoms with Crippen LogP contribution in [0, 0.1) is 5.92 Å². The highest BCUT2D eigenvalue weighted by molar-refractivity contribution is 5.04. The van der Waals surface area contributed by atoms with Crippen LogP contribution >= 0.6 is 0 Å². The average molecular weight is 239 g/mol. The summed E-state index contributed by atoms with van der Waals surface area (Å²) in [6, 6.07) is 0. The fourth-order valence-corrected chi connectivity index (χ4v) is 2.65. The second-order valence-corrected chi connectivity index (χ2v) is 6.24. The molecule has 1 heterocycles. The lowest BCUT2D eigenvalue weighted by Crippen LogP contribution is -2.28. The van der Waals surface area contributed by atoms with Gasteiger partial charge in [0.05, 0.1) is 11.2 Å². The Labute approximate surface area is 107 Å². The number of nitrogens with one attached hydrogen (secondary N) is 1. The minimum Gasteiger partial charge on any atom is -0.369 e. The van der Waals surface area contributed by atoms with Crippen molar-refractivity contribution in [1.29, 1.82) is 0 Å². The highest BCUT2D eigenvalue weighted by Gasteiger charge is 2.44. The maximum atomic E-state index is 6.08. The molecular weight excluding hydrogens is 210 g/mol. The molecular formula is C15H29NO. The first-order valence-electron chi connectivity index (χ1n) is 6.95. The smallest absolute Gasteiger partial charge is 0.0697 e. The summed E-state index contributed by atoms with van der Waals surface area (Å²) in [5.74, 6) is 0.545. The molecule has 0 radical (unpaired) electrons. The van der Waals surface area contributed by atoms with Crippen LogP contribution in [0.4, 0.5) is 0 Å². The number of hydrogen-bond donors (Lipinski definition) is 1. The lowest BCUT2D eigenvalue weighted by atomic mass is 9.87. The molecule has 1 fully saturated rings. The van der Waals surface area contributed by atoms with Gasteiger partial charge >= 0.3 is 0 Å². The van der Waals surface area contributed by atoms with E-state index in [1.165, 1.54) is 6.42 Å². The predicted molar refractivity (Wildman–Crippen MR) is 74.3 cm³/mol. The molecule has 1 aliphatic heterocycles. The van der Waals surface area contributed by atoms with Crippen LogP contribution in [0.5, 0.6) is 0 Å². The molecule has 1 aliphatic rings. The van der Waals surface area contributed by atoms with Gasteiger partial charge in [0.1, 0.15) is 0 Å². The van der Waals surface area contributed by atoms with Crippen molar-refractivity contribution in [2.24, 2.45) is 5.92 Å². The van der Waals surface area contributed by atoms with E-state index in [1.807, 2.05) is 0 Å². The van der Waals surface area contributed by atoms with Gasteiger partial charge in [-0.2, -0.15) is 0 Å². The van der Waals surface area contributed by atoms with E-state index in [9.17, 15) is 0 Å². The van der Waals surface area contributed by atoms with Crippen LogP contribution in [0.15, 0.2) is 12.2 Å². The van der Waals surface area contributed by atoms with Crippen LogP contribution in [0.25, 0.3) is 0 Å². The Morgan fingerprint density at radius 3 is 2.47 bits per heavy atom. The zero-order valence-corrected chi connectivity index (χ0v) is 12.2. The van der Waals surface area contributed by atoms with Gasteiger partial charge in [-0.15, -0.1) is 0 Å². The molecule has 0 aromatic heterocycles. The third-order valence-corrected chi connectivity index (χ3v) is 3.43. The summed E-state index contributed by atoms with van der Waals surface area (Å²) in [5.41, 5.74) is 0.00974. The Kier molecular flexibility index (Phi) is 5.21. The van der Waals surface area contributed by atoms with Crippen molar-refractivity contribution in [3.63, 3.8) is 0 Å². The van der Waals surface area contributed by atoms with Gasteiger partial charge < -0.3 is 10.1 Å². The molecule has 1 N–H and O–H groups in total. The molecule has 1 unspecified atom stereocenters. The van der Waals surface area contributed by atoms with Gasteiger partial charge in [0.2, 0.25) is 0 Å². The molecule has 1 saturated heterocycles. The summed E-state index contributed by atoms with van der Waals surface area (Å²) < 4.78 is 6.08. The van der Waals surface area contributed by atoms with Gasteiger partial charge in [0, 0.05) is 5.92 Å². The van der Waals surface area contributed by atoms with Crippen LogP contribution in [-0.2, 0) is 4.74 Å². The van der Waals surface area contributed by atoms with Gasteiger partial charge in [-0.1, -0.05) is 19.1 Å². The standard InChI is InChI=1S/C15H29NO/c1-6-10-16-11-8-7-9-13-12-14(2,3)17-15(13,4)5/h7,9,13,16H,6,8,10-12H2,1-5H3/b9-7+. The second kappa shape index (κ2) is 6.01. The molecule has 0 amide bonds. The predicted octanol–water partition coefficient (Wildman–Crippen LogP) is 3.53. The molecule has 17 heavy (non-hydrogen) atoms. The Morgan fingerprint density at radius 2 is 1.94 bits per heavy atom. The van der Waals surface area contributed by atoms with Crippen molar-refractivity contribution in [2.45, 2.75) is 65.1 Å². The van der Waals surface area contributed by atoms with E-state index in [4.69, 9.17) is 4.74 Å². The van der Waals surface area contributed by atoms with Gasteiger partial charge in [0.25, 0.3) is 0 Å². The molecule has 1 rings (SSSR count). The first kappa shape index (κ1) is 14.7. The molecule has 2 nitrogen and oxygen atoms in total. The molecule has 2 heteroatoms. The monoisotopic (exact) mass is 239 g/mol. The first-order chi connectivity index (χ1) is 7.87. The van der Waals surface area contributed by atoms with Crippen molar-refractivity contribution in [3.05, 3.63) is 12.2 Å². The zero-order chi connectivity index (χ0) is 12.9. The fourth-order valence-electron chi connectivity index (χ4n) is 2.65. The van der Waals surface area contributed by atoms with Crippen LogP contribution in [0.1, 0.15) is 53.9 Å². The van der Waals surface area contributed by atoms with Gasteiger partial charge in [-0.3, -0.25) is 0 Å². The Bertz CT molecular complexity index is 256. The van der Waals surface area contributed by atoms with Crippen LogP contribution in [0.3, 0.4) is 0 Å². The Hall–Kier alpha value is -0.340. The minimum atomic E-state index is -0.0170. The number of rotatable bonds is 6. The van der Waals surface area contributed by atoms with Crippen LogP contribution in [-0.4, -0.2) is 24.3 Å². The lowest BCUT2D eigenvalue weighted by Gasteiger charge is -2.25. The van der Waals surface area contributed by atoms with E-state index in [1.54, 1.807) is 0 Å². The molecule has 1 atom stereocenters. The van der Waals surface area contributed by atoms with Crippen molar-refractivity contribution < 1.29 is 4.74 Å². The van der Waals surface area contributed by atoms with Crippen LogP contribution < -0.4 is 5.32 Å². The quantitative estimate of drug-likeness (QED) is 0.565. The first-order valence-corrected chi connectivity index (χ1v) is 6.95. The summed E-state index contributed by atoms with van der Waals surface area (Å²) in [6.07, 6.45) is 8.11. The maximum absolute atomic E-state index is 6.08. The Balaban J connectivity index is 2.33. The highest BCUT2D eigenvalue weighted by atomic mass is 16.5. The maximum Gasteiger partial charge on any atom is 0.0697 e. The molecule has 100 valence electrons. The lowest BCUT2D eigenvalue weighted by molar-refractivity contribution is -0.0706. The van der Waals surface area contributed by atoms with E-state index in [2.05, 4.69) is 52.1 Å². The number of ether oxygens (including phenoxy) is 1. The molecule has 0 aliphatic carbocycles. The fraction of sp³-hybridized carbons (Fsp3) is 0.867. The topological polar surface area (TPSA) is 21.3 Å². The van der Waals surface area contributed by atoms with E-state index in [0.717, 1.165) is 25.9 Å². The SMILES string of the molecule is CCCNCC/C=C/C1CC(C)(C)OC1(C)C. The third-order valence-electron chi connectivity index (χ3n) is 3.43. The minimum absolute atomic E-state index is 0.0170. The van der Waals surface area contributed by atoms with E-state index in [0.29, 0.717) is 5.92 Å². The molecule has 0 aromatic rings. The molecule has 0 bridgehead atoms. The summed E-state index contributed by atoms with van der Waals surface area (Å²) in [7, 11) is 0. The normalized spacial score (nSPS) is 26.8. The van der Waals surface area contributed by atoms with Crippen molar-refractivity contribution in [2.75, 3.05) is 13.1 Å².